The van der Waals surface area contributed by atoms with Crippen LogP contribution in [-0.4, -0.2) is 30.9 Å². The lowest BCUT2D eigenvalue weighted by molar-refractivity contribution is 0.0933. The van der Waals surface area contributed by atoms with Crippen LogP contribution in [0.15, 0.2) is 67.3 Å². The van der Waals surface area contributed by atoms with Crippen molar-refractivity contribution in [2.45, 2.75) is 12.6 Å². The maximum atomic E-state index is 12.7. The summed E-state index contributed by atoms with van der Waals surface area (Å²) in [5.74, 6) is -0.154. The second kappa shape index (κ2) is 6.56. The number of fused-ring (bicyclic) bond motifs is 1. The summed E-state index contributed by atoms with van der Waals surface area (Å²) in [5, 5.41) is 13.7. The summed E-state index contributed by atoms with van der Waals surface area (Å²) in [6, 6.07) is 15.0. The minimum absolute atomic E-state index is 0.154. The van der Waals surface area contributed by atoms with E-state index in [1.165, 1.54) is 0 Å². The summed E-state index contributed by atoms with van der Waals surface area (Å²) in [6.07, 6.45) is 5.34. The molecule has 2 heterocycles. The molecule has 2 aromatic carbocycles. The van der Waals surface area contributed by atoms with Crippen LogP contribution in [-0.2, 0) is 6.54 Å². The fourth-order valence-corrected chi connectivity index (χ4v) is 2.75. The topological polar surface area (TPSA) is 88.5 Å². The molecule has 0 aliphatic carbocycles. The van der Waals surface area contributed by atoms with Crippen molar-refractivity contribution in [1.29, 1.82) is 0 Å². The molecule has 25 heavy (non-hydrogen) atoms. The smallest absolute Gasteiger partial charge is 0.251 e. The Balaban J connectivity index is 1.59. The molecule has 4 rings (SSSR count). The second-order valence-electron chi connectivity index (χ2n) is 5.72. The number of benzene rings is 2. The fourth-order valence-electron chi connectivity index (χ4n) is 2.75. The Hall–Kier alpha value is -3.48. The minimum atomic E-state index is -0.170. The number of carbonyl (C=O) groups excluding carboxylic acids is 1. The Labute approximate surface area is 143 Å². The largest absolute Gasteiger partial charge is 0.343 e. The first-order valence-corrected chi connectivity index (χ1v) is 7.92. The van der Waals surface area contributed by atoms with Gasteiger partial charge < -0.3 is 9.88 Å². The van der Waals surface area contributed by atoms with E-state index >= 15 is 0 Å². The second-order valence-corrected chi connectivity index (χ2v) is 5.72. The molecule has 2 N–H and O–H groups in total. The third-order valence-electron chi connectivity index (χ3n) is 4.04. The van der Waals surface area contributed by atoms with Gasteiger partial charge in [-0.25, -0.2) is 4.98 Å². The van der Waals surface area contributed by atoms with Crippen molar-refractivity contribution in [2.75, 3.05) is 0 Å². The van der Waals surface area contributed by atoms with Crippen molar-refractivity contribution in [3.63, 3.8) is 0 Å². The highest BCUT2D eigenvalue weighted by molar-refractivity contribution is 5.97. The molecule has 0 saturated heterocycles. The Morgan fingerprint density at radius 1 is 1.12 bits per heavy atom. The molecule has 1 amide bonds. The number of nitrogens with one attached hydrogen (secondary N) is 2. The van der Waals surface area contributed by atoms with Crippen LogP contribution < -0.4 is 5.32 Å². The summed E-state index contributed by atoms with van der Waals surface area (Å²) in [7, 11) is 0. The highest BCUT2D eigenvalue weighted by Gasteiger charge is 2.17. The van der Waals surface area contributed by atoms with Crippen LogP contribution in [0.1, 0.15) is 22.0 Å². The molecule has 0 spiro atoms. The molecular weight excluding hydrogens is 316 g/mol. The number of amides is 1. The maximum absolute atomic E-state index is 12.7. The molecule has 0 aliphatic heterocycles. The normalized spacial score (nSPS) is 12.2. The number of H-pyrrole nitrogens is 1. The van der Waals surface area contributed by atoms with E-state index in [1.807, 2.05) is 41.1 Å². The summed E-state index contributed by atoms with van der Waals surface area (Å²) in [6.45, 7) is 0.599. The van der Waals surface area contributed by atoms with Crippen molar-refractivity contribution in [1.82, 2.24) is 30.3 Å². The molecular formula is C18H16N6O. The monoisotopic (exact) mass is 332 g/mol. The average molecular weight is 332 g/mol. The van der Waals surface area contributed by atoms with E-state index in [-0.39, 0.29) is 11.9 Å². The molecule has 2 aromatic heterocycles. The third kappa shape index (κ3) is 3.25. The number of aromatic nitrogens is 5. The van der Waals surface area contributed by atoms with Gasteiger partial charge in [-0.05, 0) is 23.8 Å². The van der Waals surface area contributed by atoms with Crippen molar-refractivity contribution in [3.8, 4) is 0 Å². The maximum Gasteiger partial charge on any atom is 0.251 e. The van der Waals surface area contributed by atoms with Gasteiger partial charge in [0.2, 0.25) is 0 Å². The van der Waals surface area contributed by atoms with Crippen LogP contribution in [0.2, 0.25) is 0 Å². The van der Waals surface area contributed by atoms with Gasteiger partial charge in [-0.1, -0.05) is 30.3 Å². The first-order chi connectivity index (χ1) is 12.3. The Bertz CT molecular complexity index is 977. The summed E-state index contributed by atoms with van der Waals surface area (Å²) >= 11 is 0. The predicted octanol–water partition coefficient (Wildman–Crippen LogP) is 2.33. The number of imidazole rings is 1. The Morgan fingerprint density at radius 3 is 2.76 bits per heavy atom. The molecule has 0 fully saturated rings. The summed E-state index contributed by atoms with van der Waals surface area (Å²) in [4.78, 5) is 16.8. The van der Waals surface area contributed by atoms with Crippen LogP contribution >= 0.6 is 0 Å². The lowest BCUT2D eigenvalue weighted by Gasteiger charge is -2.20. The molecule has 0 radical (unpaired) electrons. The van der Waals surface area contributed by atoms with Crippen LogP contribution in [0, 0.1) is 0 Å². The van der Waals surface area contributed by atoms with Crippen molar-refractivity contribution in [2.24, 2.45) is 0 Å². The molecule has 1 atom stereocenters. The van der Waals surface area contributed by atoms with E-state index in [4.69, 9.17) is 0 Å². The standard InChI is InChI=1S/C18H16N6O/c25-18(14-6-7-15-16(10-14)22-23-21-15)20-17(11-24-9-8-19-12-24)13-4-2-1-3-5-13/h1-10,12,17H,11H2,(H,20,25)(H,21,22,23)/t17-/m1/s1. The fraction of sp³-hybridized carbons (Fsp3) is 0.111. The molecule has 0 aliphatic rings. The number of hydrogen-bond donors (Lipinski definition) is 2. The van der Waals surface area contributed by atoms with Crippen LogP contribution in [0.3, 0.4) is 0 Å². The number of hydrogen-bond acceptors (Lipinski definition) is 4. The molecule has 124 valence electrons. The third-order valence-corrected chi connectivity index (χ3v) is 4.04. The Kier molecular flexibility index (Phi) is 3.96. The SMILES string of the molecule is O=C(N[C@H](Cn1ccnc1)c1ccccc1)c1ccc2n[nH]nc2c1. The van der Waals surface area contributed by atoms with Gasteiger partial charge in [0.05, 0.1) is 12.4 Å². The lowest BCUT2D eigenvalue weighted by atomic mass is 10.1. The predicted molar refractivity (Wildman–Crippen MR) is 92.8 cm³/mol. The zero-order chi connectivity index (χ0) is 17.1. The molecule has 0 unspecified atom stereocenters. The van der Waals surface area contributed by atoms with Gasteiger partial charge >= 0.3 is 0 Å². The highest BCUT2D eigenvalue weighted by Crippen LogP contribution is 2.17. The first-order valence-electron chi connectivity index (χ1n) is 7.92. The zero-order valence-corrected chi connectivity index (χ0v) is 13.3. The van der Waals surface area contributed by atoms with Crippen LogP contribution in [0.5, 0.6) is 0 Å². The number of nitrogens with zero attached hydrogens (tertiary/aromatic N) is 4. The van der Waals surface area contributed by atoms with Gasteiger partial charge in [0.25, 0.3) is 5.91 Å². The van der Waals surface area contributed by atoms with E-state index in [0.29, 0.717) is 17.6 Å². The zero-order valence-electron chi connectivity index (χ0n) is 13.3. The quantitative estimate of drug-likeness (QED) is 0.587. The van der Waals surface area contributed by atoms with E-state index in [9.17, 15) is 4.79 Å². The van der Waals surface area contributed by atoms with Crippen LogP contribution in [0.25, 0.3) is 11.0 Å². The lowest BCUT2D eigenvalue weighted by Crippen LogP contribution is -2.31. The van der Waals surface area contributed by atoms with Crippen molar-refractivity contribution >= 4 is 16.9 Å². The van der Waals surface area contributed by atoms with Gasteiger partial charge in [0.1, 0.15) is 11.0 Å². The highest BCUT2D eigenvalue weighted by atomic mass is 16.1. The van der Waals surface area contributed by atoms with Gasteiger partial charge in [-0.15, -0.1) is 0 Å². The molecule has 0 saturated carbocycles. The van der Waals surface area contributed by atoms with Crippen molar-refractivity contribution < 1.29 is 4.79 Å². The van der Waals surface area contributed by atoms with Gasteiger partial charge in [-0.3, -0.25) is 4.79 Å². The summed E-state index contributed by atoms with van der Waals surface area (Å²) in [5.41, 5.74) is 2.98. The van der Waals surface area contributed by atoms with Crippen molar-refractivity contribution in [3.05, 3.63) is 78.4 Å². The molecule has 7 nitrogen and oxygen atoms in total. The van der Waals surface area contributed by atoms with Gasteiger partial charge in [-0.2, -0.15) is 15.4 Å². The average Bonchev–Trinajstić information content (AvgIpc) is 3.32. The number of rotatable bonds is 5. The molecule has 7 heteroatoms. The summed E-state index contributed by atoms with van der Waals surface area (Å²) < 4.78 is 1.94. The van der Waals surface area contributed by atoms with E-state index in [0.717, 1.165) is 11.1 Å². The van der Waals surface area contributed by atoms with Gasteiger partial charge in [0, 0.05) is 24.5 Å². The van der Waals surface area contributed by atoms with Gasteiger partial charge in [0.15, 0.2) is 0 Å². The number of aromatic amines is 1. The van der Waals surface area contributed by atoms with E-state index in [1.54, 1.807) is 30.7 Å². The number of carbonyl (C=O) groups is 1. The Morgan fingerprint density at radius 2 is 1.96 bits per heavy atom. The van der Waals surface area contributed by atoms with Crippen LogP contribution in [0.4, 0.5) is 0 Å². The minimum Gasteiger partial charge on any atom is -0.343 e. The molecule has 4 aromatic rings. The van der Waals surface area contributed by atoms with E-state index < -0.39 is 0 Å². The molecule has 0 bridgehead atoms. The first kappa shape index (κ1) is 15.1. The van der Waals surface area contributed by atoms with E-state index in [2.05, 4.69) is 25.7 Å².